The lowest BCUT2D eigenvalue weighted by molar-refractivity contribution is -0.379. The van der Waals surface area contributed by atoms with Gasteiger partial charge in [0, 0.05) is 6.42 Å². The Labute approximate surface area is 665 Å². The van der Waals surface area contributed by atoms with E-state index in [0.29, 0.717) is 6.42 Å². The molecule has 3 aliphatic rings. The molecule has 3 heterocycles. The molecule has 3 saturated heterocycles. The molecule has 0 radical (unpaired) electrons. The molecule has 0 saturated carbocycles. The van der Waals surface area contributed by atoms with Crippen molar-refractivity contribution in [2.45, 2.75) is 433 Å². The number of carbonyl (C=O) groups is 1. The lowest BCUT2D eigenvalue weighted by Gasteiger charge is -2.48. The SMILES string of the molecule is CC/C=C\C/C=C\C/C=C\C/C=C\C/C=C\C/C=C\C/C=C\C/C=C\CCCCCCCCCCCCCCCCC(=O)NC(COC1OC(CO)C(OC2OC(CO)C(OC3OC(CO)C(O)C(O)C3O)C(O)C2O)C(O)C1O)C(O)/C=C/CCCCCCCCCCCCCCCCCCCCCCCCCC. The Hall–Kier alpha value is -3.55. The summed E-state index contributed by atoms with van der Waals surface area (Å²) in [6, 6.07) is -0.981. The predicted octanol–water partition coefficient (Wildman–Crippen LogP) is 16.5. The second-order valence-corrected chi connectivity index (χ2v) is 31.0. The summed E-state index contributed by atoms with van der Waals surface area (Å²) >= 11 is 0. The van der Waals surface area contributed by atoms with Crippen LogP contribution in [-0.2, 0) is 33.2 Å². The summed E-state index contributed by atoms with van der Waals surface area (Å²) in [5, 5.41) is 121. The Balaban J connectivity index is 1.33. The van der Waals surface area contributed by atoms with Gasteiger partial charge in [0.25, 0.3) is 0 Å². The quantitative estimate of drug-likeness (QED) is 0.0199. The number of hydrogen-bond acceptors (Lipinski definition) is 18. The van der Waals surface area contributed by atoms with E-state index < -0.39 is 124 Å². The zero-order valence-electron chi connectivity index (χ0n) is 68.5. The van der Waals surface area contributed by atoms with Crippen molar-refractivity contribution in [2.75, 3.05) is 26.4 Å². The molecule has 0 spiro atoms. The molecule has 19 nitrogen and oxygen atoms in total. The first kappa shape index (κ1) is 101. The molecule has 0 aromatic rings. The van der Waals surface area contributed by atoms with Gasteiger partial charge in [0.1, 0.15) is 73.2 Å². The van der Waals surface area contributed by atoms with Gasteiger partial charge >= 0.3 is 0 Å². The first-order chi connectivity index (χ1) is 53.8. The van der Waals surface area contributed by atoms with E-state index in [0.717, 1.165) is 103 Å². The molecule has 1 amide bonds. The maximum Gasteiger partial charge on any atom is 0.220 e. The van der Waals surface area contributed by atoms with Crippen LogP contribution >= 0.6 is 0 Å². The van der Waals surface area contributed by atoms with Crippen molar-refractivity contribution in [1.82, 2.24) is 5.32 Å². The van der Waals surface area contributed by atoms with Crippen LogP contribution in [0.25, 0.3) is 0 Å². The summed E-state index contributed by atoms with van der Waals surface area (Å²) in [4.78, 5) is 13.5. The molecule has 0 aromatic carbocycles. The first-order valence-electron chi connectivity index (χ1n) is 44.1. The molecular formula is C91H159NO18. The normalized spacial score (nSPS) is 25.7. The lowest BCUT2D eigenvalue weighted by Crippen LogP contribution is -2.66. The van der Waals surface area contributed by atoms with Crippen molar-refractivity contribution in [2.24, 2.45) is 0 Å². The number of carbonyl (C=O) groups excluding carboxylic acids is 1. The molecular weight excluding hydrogens is 1390 g/mol. The molecule has 19 heteroatoms. The van der Waals surface area contributed by atoms with Crippen LogP contribution in [0, 0.1) is 0 Å². The van der Waals surface area contributed by atoms with Crippen molar-refractivity contribution < 1.29 is 89.4 Å². The fraction of sp³-hybridized carbons (Fsp3) is 0.791. The Morgan fingerprint density at radius 3 is 0.982 bits per heavy atom. The third-order valence-corrected chi connectivity index (χ3v) is 21.3. The second-order valence-electron chi connectivity index (χ2n) is 31.0. The van der Waals surface area contributed by atoms with E-state index in [1.165, 1.54) is 199 Å². The van der Waals surface area contributed by atoms with E-state index in [1.54, 1.807) is 6.08 Å². The number of aliphatic hydroxyl groups excluding tert-OH is 11. The topological polar surface area (TPSA) is 307 Å². The van der Waals surface area contributed by atoms with Crippen LogP contribution in [0.1, 0.15) is 328 Å². The van der Waals surface area contributed by atoms with Gasteiger partial charge in [0.2, 0.25) is 5.91 Å². The van der Waals surface area contributed by atoms with E-state index in [9.17, 15) is 61.0 Å². The van der Waals surface area contributed by atoms with Crippen LogP contribution in [0.4, 0.5) is 0 Å². The van der Waals surface area contributed by atoms with Gasteiger partial charge in [-0.2, -0.15) is 0 Å². The number of amides is 1. The molecule has 17 unspecified atom stereocenters. The van der Waals surface area contributed by atoms with Crippen LogP contribution in [0.5, 0.6) is 0 Å². The molecule has 110 heavy (non-hydrogen) atoms. The smallest absolute Gasteiger partial charge is 0.220 e. The third kappa shape index (κ3) is 48.1. The van der Waals surface area contributed by atoms with Crippen LogP contribution in [0.3, 0.4) is 0 Å². The highest BCUT2D eigenvalue weighted by molar-refractivity contribution is 5.76. The van der Waals surface area contributed by atoms with Crippen LogP contribution in [0.2, 0.25) is 0 Å². The summed E-state index contributed by atoms with van der Waals surface area (Å²) < 4.78 is 34.5. The maximum atomic E-state index is 13.5. The lowest BCUT2D eigenvalue weighted by atomic mass is 9.96. The van der Waals surface area contributed by atoms with E-state index in [-0.39, 0.29) is 18.9 Å². The fourth-order valence-electron chi connectivity index (χ4n) is 14.3. The third-order valence-electron chi connectivity index (χ3n) is 21.3. The molecule has 0 aromatic heterocycles. The number of nitrogens with one attached hydrogen (secondary N) is 1. The predicted molar refractivity (Wildman–Crippen MR) is 443 cm³/mol. The molecule has 12 N–H and O–H groups in total. The molecule has 3 rings (SSSR count). The van der Waals surface area contributed by atoms with Crippen molar-refractivity contribution in [3.05, 3.63) is 109 Å². The molecule has 636 valence electrons. The molecule has 17 atom stereocenters. The number of allylic oxidation sites excluding steroid dienone is 17. The molecule has 0 bridgehead atoms. The fourth-order valence-corrected chi connectivity index (χ4v) is 14.3. The minimum atomic E-state index is -1.98. The summed E-state index contributed by atoms with van der Waals surface area (Å²) in [5.41, 5.74) is 0. The van der Waals surface area contributed by atoms with Gasteiger partial charge in [0.15, 0.2) is 18.9 Å². The second kappa shape index (κ2) is 69.7. The Morgan fingerprint density at radius 1 is 0.336 bits per heavy atom. The van der Waals surface area contributed by atoms with Crippen molar-refractivity contribution in [1.29, 1.82) is 0 Å². The number of rotatable bonds is 70. The van der Waals surface area contributed by atoms with Crippen molar-refractivity contribution in [3.63, 3.8) is 0 Å². The van der Waals surface area contributed by atoms with Gasteiger partial charge in [-0.25, -0.2) is 0 Å². The first-order valence-corrected chi connectivity index (χ1v) is 44.1. The highest BCUT2D eigenvalue weighted by Gasteiger charge is 2.54. The zero-order valence-corrected chi connectivity index (χ0v) is 68.5. The van der Waals surface area contributed by atoms with E-state index in [2.05, 4.69) is 116 Å². The maximum absolute atomic E-state index is 13.5. The van der Waals surface area contributed by atoms with Gasteiger partial charge < -0.3 is 89.9 Å². The average molecular weight is 1560 g/mol. The molecule has 3 aliphatic heterocycles. The van der Waals surface area contributed by atoms with Gasteiger partial charge in [0.05, 0.1) is 38.6 Å². The minimum absolute atomic E-state index is 0.238. The number of unbranched alkanes of at least 4 members (excludes halogenated alkanes) is 38. The van der Waals surface area contributed by atoms with Gasteiger partial charge in [-0.3, -0.25) is 4.79 Å². The Kier molecular flexibility index (Phi) is 63.8. The van der Waals surface area contributed by atoms with E-state index in [4.69, 9.17) is 28.4 Å². The number of aliphatic hydroxyl groups is 11. The highest BCUT2D eigenvalue weighted by Crippen LogP contribution is 2.33. The van der Waals surface area contributed by atoms with Crippen molar-refractivity contribution in [3.8, 4) is 0 Å². The zero-order chi connectivity index (χ0) is 79.5. The largest absolute Gasteiger partial charge is 0.394 e. The Bertz CT molecular complexity index is 2410. The number of ether oxygens (including phenoxy) is 6. The van der Waals surface area contributed by atoms with Crippen molar-refractivity contribution >= 4 is 5.91 Å². The highest BCUT2D eigenvalue weighted by atomic mass is 16.8. The molecule has 0 aliphatic carbocycles. The van der Waals surface area contributed by atoms with Gasteiger partial charge in [-0.05, 0) is 83.5 Å². The summed E-state index contributed by atoms with van der Waals surface area (Å²) in [6.07, 6.45) is 70.8. The summed E-state index contributed by atoms with van der Waals surface area (Å²) in [6.45, 7) is 1.66. The summed E-state index contributed by atoms with van der Waals surface area (Å²) in [5.74, 6) is -0.276. The number of hydrogen-bond donors (Lipinski definition) is 12. The standard InChI is InChI=1S/C91H159NO18/c1-3-5-7-9-11-13-15-17-19-21-23-25-27-29-31-32-33-34-35-36-37-38-39-40-41-42-43-45-47-49-51-53-55-57-59-61-63-65-67-69-79(97)92-74(75(96)68-66-64-62-60-58-56-54-52-50-48-46-44-30-28-26-24-22-20-18-16-14-12-10-8-6-4-2)73-105-89-85(103)82(100)87(77(71-94)107-89)110-91-86(104)83(101)88(78(72-95)108-91)109-90-84(102)81(99)80(98)76(70-93)106-90/h5,7,11,13,17,19,23,25,29,31,33-34,36-37,39-40,66,68,74-78,80-91,93-96,98-104H,3-4,6,8-10,12,14-16,18,20-22,24,26-28,30,32,35,38,41-65,67,69-73H2,1-2H3,(H,92,97)/b7-5-,13-11-,19-17-,25-23-,31-29-,34-33-,37-36-,40-39-,68-66+. The van der Waals surface area contributed by atoms with Gasteiger partial charge in [-0.1, -0.05) is 348 Å². The van der Waals surface area contributed by atoms with E-state index in [1.807, 2.05) is 6.08 Å². The van der Waals surface area contributed by atoms with Crippen LogP contribution in [-0.4, -0.2) is 193 Å². The Morgan fingerprint density at radius 2 is 0.627 bits per heavy atom. The molecule has 3 fully saturated rings. The van der Waals surface area contributed by atoms with Gasteiger partial charge in [-0.15, -0.1) is 0 Å². The van der Waals surface area contributed by atoms with E-state index >= 15 is 0 Å². The minimum Gasteiger partial charge on any atom is -0.394 e. The monoisotopic (exact) mass is 1550 g/mol. The summed E-state index contributed by atoms with van der Waals surface area (Å²) in [7, 11) is 0. The van der Waals surface area contributed by atoms with Crippen LogP contribution in [0.15, 0.2) is 109 Å². The van der Waals surface area contributed by atoms with Crippen LogP contribution < -0.4 is 5.32 Å². The average Bonchev–Trinajstić information content (AvgIpc) is 0.780.